The Morgan fingerprint density at radius 2 is 2.03 bits per heavy atom. The maximum absolute atomic E-state index is 10.6. The molecule has 0 fully saturated rings. The summed E-state index contributed by atoms with van der Waals surface area (Å²) in [6.07, 6.45) is 2.20. The third-order valence-corrected chi connectivity index (χ3v) is 6.75. The fourth-order valence-electron chi connectivity index (χ4n) is 5.29. The molecule has 8 nitrogen and oxygen atoms in total. The van der Waals surface area contributed by atoms with Crippen LogP contribution in [0, 0.1) is 18.4 Å². The van der Waals surface area contributed by atoms with Crippen molar-refractivity contribution in [3.8, 4) is 17.3 Å². The normalized spacial score (nSPS) is 25.5. The number of aliphatic hydroxyl groups excluding tert-OH is 1. The SMILES string of the molecule is [C-]#[N+]C1=C(O)[C@@H](C)[C@@H]2CCc3c(nc(-c4ccccc4)n3-c3nnn(C)n3)[C@@]2(C)C1. The molecule has 0 saturated heterocycles. The van der Waals surface area contributed by atoms with Crippen molar-refractivity contribution in [1.82, 2.24) is 29.8 Å². The smallest absolute Gasteiger partial charge is 0.276 e. The minimum absolute atomic E-state index is 0.0685. The number of imidazole rings is 1. The molecule has 2 aliphatic carbocycles. The molecular weight excluding hydrogens is 378 g/mol. The molecule has 2 aromatic heterocycles. The van der Waals surface area contributed by atoms with E-state index >= 15 is 0 Å². The standard InChI is InChI=1S/C22H23N7O/c1-13-15-10-11-17-19(22(15,2)12-16(23-3)18(13)30)24-20(14-8-6-5-7-9-14)29(17)21-25-27-28(4)26-21/h5-9,13,15,30H,10-12H2,1-2,4H3/t13-,15-,22-/m0/s1. The highest BCUT2D eigenvalue weighted by Crippen LogP contribution is 2.54. The molecule has 30 heavy (non-hydrogen) atoms. The summed E-state index contributed by atoms with van der Waals surface area (Å²) in [4.78, 5) is 10.2. The van der Waals surface area contributed by atoms with E-state index in [4.69, 9.17) is 11.6 Å². The first-order valence-corrected chi connectivity index (χ1v) is 10.2. The first kappa shape index (κ1) is 18.6. The van der Waals surface area contributed by atoms with Crippen LogP contribution >= 0.6 is 0 Å². The number of nitrogens with zero attached hydrogens (tertiary/aromatic N) is 7. The molecule has 0 aliphatic heterocycles. The molecular formula is C22H23N7O. The highest BCUT2D eigenvalue weighted by atomic mass is 16.3. The second-order valence-corrected chi connectivity index (χ2v) is 8.48. The third-order valence-electron chi connectivity index (χ3n) is 6.75. The average molecular weight is 401 g/mol. The Kier molecular flexibility index (Phi) is 4.03. The fraction of sp³-hybridized carbons (Fsp3) is 0.409. The van der Waals surface area contributed by atoms with Crippen LogP contribution in [-0.4, -0.2) is 34.9 Å². The summed E-state index contributed by atoms with van der Waals surface area (Å²) < 4.78 is 2.01. The lowest BCUT2D eigenvalue weighted by molar-refractivity contribution is 0.135. The molecule has 3 aromatic rings. The summed E-state index contributed by atoms with van der Waals surface area (Å²) in [5.41, 5.74) is 3.13. The molecule has 0 bridgehead atoms. The van der Waals surface area contributed by atoms with E-state index in [2.05, 4.69) is 27.2 Å². The maximum atomic E-state index is 10.6. The topological polar surface area (TPSA) is 86.0 Å². The Bertz CT molecular complexity index is 1200. The minimum atomic E-state index is -0.337. The molecule has 152 valence electrons. The van der Waals surface area contributed by atoms with Crippen LogP contribution in [0.5, 0.6) is 0 Å². The van der Waals surface area contributed by atoms with Gasteiger partial charge in [0.25, 0.3) is 5.95 Å². The molecule has 3 atom stereocenters. The van der Waals surface area contributed by atoms with E-state index in [1.54, 1.807) is 7.05 Å². The molecule has 2 aliphatic rings. The number of benzene rings is 1. The van der Waals surface area contributed by atoms with E-state index in [0.717, 1.165) is 35.6 Å². The Hall–Kier alpha value is -3.47. The third kappa shape index (κ3) is 2.51. The van der Waals surface area contributed by atoms with Gasteiger partial charge in [0, 0.05) is 22.6 Å². The number of aromatic nitrogens is 6. The van der Waals surface area contributed by atoms with Crippen LogP contribution in [0.3, 0.4) is 0 Å². The second-order valence-electron chi connectivity index (χ2n) is 8.48. The van der Waals surface area contributed by atoms with Gasteiger partial charge in [0.2, 0.25) is 5.70 Å². The summed E-state index contributed by atoms with van der Waals surface area (Å²) >= 11 is 0. The predicted molar refractivity (Wildman–Crippen MR) is 111 cm³/mol. The monoisotopic (exact) mass is 401 g/mol. The lowest BCUT2D eigenvalue weighted by Crippen LogP contribution is -2.44. The summed E-state index contributed by atoms with van der Waals surface area (Å²) in [6.45, 7) is 11.8. The first-order valence-electron chi connectivity index (χ1n) is 10.2. The number of fused-ring (bicyclic) bond motifs is 3. The molecule has 1 aromatic carbocycles. The predicted octanol–water partition coefficient (Wildman–Crippen LogP) is 3.61. The zero-order valence-electron chi connectivity index (χ0n) is 17.2. The van der Waals surface area contributed by atoms with Crippen molar-refractivity contribution in [2.24, 2.45) is 18.9 Å². The van der Waals surface area contributed by atoms with Crippen molar-refractivity contribution < 1.29 is 5.11 Å². The maximum Gasteiger partial charge on any atom is 0.276 e. The van der Waals surface area contributed by atoms with Gasteiger partial charge in [-0.2, -0.15) is 4.80 Å². The lowest BCUT2D eigenvalue weighted by atomic mass is 9.58. The van der Waals surface area contributed by atoms with E-state index in [1.807, 2.05) is 41.8 Å². The van der Waals surface area contributed by atoms with Gasteiger partial charge in [-0.25, -0.2) is 9.83 Å². The molecule has 0 amide bonds. The van der Waals surface area contributed by atoms with E-state index in [-0.39, 0.29) is 23.0 Å². The van der Waals surface area contributed by atoms with Gasteiger partial charge in [-0.1, -0.05) is 49.3 Å². The number of hydrogen-bond acceptors (Lipinski definition) is 5. The van der Waals surface area contributed by atoms with Crippen LogP contribution in [0.15, 0.2) is 41.8 Å². The molecule has 0 spiro atoms. The van der Waals surface area contributed by atoms with Gasteiger partial charge in [0.05, 0.1) is 25.1 Å². The van der Waals surface area contributed by atoms with E-state index in [0.29, 0.717) is 18.1 Å². The number of aryl methyl sites for hydroxylation is 1. The van der Waals surface area contributed by atoms with Gasteiger partial charge in [-0.15, -0.1) is 5.10 Å². The number of rotatable bonds is 2. The van der Waals surface area contributed by atoms with Gasteiger partial charge in [-0.05, 0) is 30.4 Å². The number of allylic oxidation sites excluding steroid dienone is 2. The van der Waals surface area contributed by atoms with Crippen LogP contribution in [0.4, 0.5) is 0 Å². The van der Waals surface area contributed by atoms with Crippen molar-refractivity contribution in [3.05, 3.63) is 64.6 Å². The largest absolute Gasteiger partial charge is 0.523 e. The Morgan fingerprint density at radius 3 is 2.70 bits per heavy atom. The van der Waals surface area contributed by atoms with Crippen LogP contribution in [-0.2, 0) is 18.9 Å². The molecule has 0 unspecified atom stereocenters. The van der Waals surface area contributed by atoms with Crippen molar-refractivity contribution in [3.63, 3.8) is 0 Å². The molecule has 5 rings (SSSR count). The second kappa shape index (κ2) is 6.52. The Labute approximate surface area is 174 Å². The summed E-state index contributed by atoms with van der Waals surface area (Å²) in [7, 11) is 1.75. The summed E-state index contributed by atoms with van der Waals surface area (Å²) in [5.74, 6) is 1.68. The quantitative estimate of drug-likeness (QED) is 0.663. The zero-order valence-corrected chi connectivity index (χ0v) is 17.2. The average Bonchev–Trinajstić information content (AvgIpc) is 3.35. The van der Waals surface area contributed by atoms with Crippen LogP contribution in [0.1, 0.15) is 38.1 Å². The van der Waals surface area contributed by atoms with E-state index < -0.39 is 0 Å². The first-order chi connectivity index (χ1) is 14.4. The summed E-state index contributed by atoms with van der Waals surface area (Å²) in [6, 6.07) is 10.0. The van der Waals surface area contributed by atoms with Gasteiger partial charge in [0.15, 0.2) is 0 Å². The molecule has 0 radical (unpaired) electrons. The molecule has 2 heterocycles. The van der Waals surface area contributed by atoms with Crippen molar-refractivity contribution in [2.75, 3.05) is 0 Å². The highest BCUT2D eigenvalue weighted by Gasteiger charge is 2.51. The van der Waals surface area contributed by atoms with Gasteiger partial charge < -0.3 is 5.11 Å². The highest BCUT2D eigenvalue weighted by molar-refractivity contribution is 5.60. The van der Waals surface area contributed by atoms with Crippen molar-refractivity contribution in [2.45, 2.75) is 38.5 Å². The number of aliphatic hydroxyl groups is 1. The number of hydrogen-bond donors (Lipinski definition) is 1. The zero-order chi connectivity index (χ0) is 21.0. The van der Waals surface area contributed by atoms with E-state index in [1.165, 1.54) is 4.80 Å². The Balaban J connectivity index is 1.76. The van der Waals surface area contributed by atoms with Gasteiger partial charge >= 0.3 is 0 Å². The Morgan fingerprint density at radius 1 is 1.27 bits per heavy atom. The van der Waals surface area contributed by atoms with Gasteiger partial charge in [-0.3, -0.25) is 4.57 Å². The fourth-order valence-corrected chi connectivity index (χ4v) is 5.29. The van der Waals surface area contributed by atoms with Crippen molar-refractivity contribution in [1.29, 1.82) is 0 Å². The van der Waals surface area contributed by atoms with E-state index in [9.17, 15) is 5.11 Å². The number of tetrazole rings is 1. The van der Waals surface area contributed by atoms with Crippen molar-refractivity contribution >= 4 is 0 Å². The van der Waals surface area contributed by atoms with Crippen LogP contribution in [0.25, 0.3) is 22.2 Å². The molecule has 0 saturated carbocycles. The molecule has 1 N–H and O–H groups in total. The van der Waals surface area contributed by atoms with Crippen LogP contribution < -0.4 is 0 Å². The summed E-state index contributed by atoms with van der Waals surface area (Å²) in [5, 5.41) is 23.3. The minimum Gasteiger partial charge on any atom is -0.523 e. The van der Waals surface area contributed by atoms with Crippen LogP contribution in [0.2, 0.25) is 0 Å². The lowest BCUT2D eigenvalue weighted by Gasteiger charge is -2.46. The molecule has 8 heteroatoms. The van der Waals surface area contributed by atoms with Gasteiger partial charge in [0.1, 0.15) is 5.82 Å².